The van der Waals surface area contributed by atoms with Gasteiger partial charge in [-0.15, -0.1) is 0 Å². The first-order valence-electron chi connectivity index (χ1n) is 12.6. The molecule has 4 nitrogen and oxygen atoms in total. The third-order valence-electron chi connectivity index (χ3n) is 10.9. The Labute approximate surface area is 180 Å². The molecule has 10 atom stereocenters. The lowest BCUT2D eigenvalue weighted by atomic mass is 9.48. The van der Waals surface area contributed by atoms with Crippen molar-refractivity contribution in [3.8, 4) is 0 Å². The molecule has 6 rings (SSSR count). The van der Waals surface area contributed by atoms with E-state index in [2.05, 4.69) is 25.2 Å². The van der Waals surface area contributed by atoms with Gasteiger partial charge in [0.25, 0.3) is 0 Å². The van der Waals surface area contributed by atoms with Crippen molar-refractivity contribution in [1.29, 1.82) is 0 Å². The van der Waals surface area contributed by atoms with Gasteiger partial charge < -0.3 is 10.1 Å². The largest absolute Gasteiger partial charge is 0.458 e. The second kappa shape index (κ2) is 6.59. The van der Waals surface area contributed by atoms with E-state index in [9.17, 15) is 9.59 Å². The number of carbonyl (C=O) groups is 2. The smallest absolute Gasteiger partial charge is 0.330 e. The Morgan fingerprint density at radius 1 is 1.03 bits per heavy atom. The SMILES string of the molecule is C[C@]12C=CC(=O)OC1CC[C@@H]1[C@H]2CC[C@]2(C)C(C(=O)NC3CC4CCC3C4)CC[C@@H]12. The van der Waals surface area contributed by atoms with Crippen LogP contribution in [0.4, 0.5) is 0 Å². The number of nitrogens with one attached hydrogen (secondary N) is 1. The van der Waals surface area contributed by atoms with Gasteiger partial charge in [-0.3, -0.25) is 4.79 Å². The Kier molecular flexibility index (Phi) is 4.26. The normalized spacial score (nSPS) is 53.6. The van der Waals surface area contributed by atoms with Gasteiger partial charge >= 0.3 is 5.97 Å². The van der Waals surface area contributed by atoms with Crippen molar-refractivity contribution in [3.05, 3.63) is 12.2 Å². The number of hydrogen-bond donors (Lipinski definition) is 1. The van der Waals surface area contributed by atoms with Crippen LogP contribution in [0.2, 0.25) is 0 Å². The minimum Gasteiger partial charge on any atom is -0.458 e. The average Bonchev–Trinajstić information content (AvgIpc) is 3.42. The molecule has 5 unspecified atom stereocenters. The molecule has 30 heavy (non-hydrogen) atoms. The maximum atomic E-state index is 13.4. The van der Waals surface area contributed by atoms with Crippen molar-refractivity contribution in [3.63, 3.8) is 0 Å². The molecule has 1 amide bonds. The Morgan fingerprint density at radius 3 is 2.67 bits per heavy atom. The lowest BCUT2D eigenvalue weighted by Crippen LogP contribution is -2.56. The number of ether oxygens (including phenoxy) is 1. The Morgan fingerprint density at radius 2 is 1.90 bits per heavy atom. The standard InChI is InChI=1S/C26H37NO3/c1-25-11-9-19-17(5-8-22-26(19,2)12-10-23(28)30-22)18(25)6-7-20(25)24(29)27-21-14-15-3-4-16(21)13-15/h10,12,15-22H,3-9,11,13-14H2,1-2H3,(H,27,29)/t15?,16?,17-,18-,19+,20?,21?,22?,25-,26+/m0/s1. The van der Waals surface area contributed by atoms with Crippen LogP contribution < -0.4 is 5.32 Å². The summed E-state index contributed by atoms with van der Waals surface area (Å²) in [6.45, 7) is 4.74. The summed E-state index contributed by atoms with van der Waals surface area (Å²) in [6.07, 6.45) is 15.8. The van der Waals surface area contributed by atoms with Crippen LogP contribution in [0.15, 0.2) is 12.2 Å². The molecule has 0 saturated heterocycles. The number of fused-ring (bicyclic) bond motifs is 7. The summed E-state index contributed by atoms with van der Waals surface area (Å²) < 4.78 is 5.75. The molecule has 1 aliphatic heterocycles. The van der Waals surface area contributed by atoms with E-state index in [1.165, 1.54) is 32.1 Å². The van der Waals surface area contributed by atoms with Crippen molar-refractivity contribution >= 4 is 11.9 Å². The number of carbonyl (C=O) groups excluding carboxylic acids is 2. The first-order chi connectivity index (χ1) is 14.4. The van der Waals surface area contributed by atoms with E-state index in [-0.39, 0.29) is 28.8 Å². The lowest BCUT2D eigenvalue weighted by Gasteiger charge is -2.58. The molecule has 5 saturated carbocycles. The summed E-state index contributed by atoms with van der Waals surface area (Å²) >= 11 is 0. The van der Waals surface area contributed by atoms with E-state index < -0.39 is 0 Å². The fourth-order valence-electron chi connectivity index (χ4n) is 9.34. The van der Waals surface area contributed by atoms with Crippen molar-refractivity contribution in [2.45, 2.75) is 90.2 Å². The predicted molar refractivity (Wildman–Crippen MR) is 114 cm³/mol. The van der Waals surface area contributed by atoms with E-state index in [1.807, 2.05) is 0 Å². The number of amides is 1. The van der Waals surface area contributed by atoms with Gasteiger partial charge in [0.1, 0.15) is 6.10 Å². The zero-order valence-corrected chi connectivity index (χ0v) is 18.6. The summed E-state index contributed by atoms with van der Waals surface area (Å²) in [5.74, 6) is 3.87. The van der Waals surface area contributed by atoms with Gasteiger partial charge in [0, 0.05) is 23.5 Å². The predicted octanol–water partition coefficient (Wildman–Crippen LogP) is 4.63. The molecule has 1 heterocycles. The zero-order valence-electron chi connectivity index (χ0n) is 18.6. The number of hydrogen-bond acceptors (Lipinski definition) is 3. The molecule has 0 aromatic carbocycles. The van der Waals surface area contributed by atoms with Crippen molar-refractivity contribution in [2.24, 2.45) is 46.3 Å². The second-order valence-electron chi connectivity index (χ2n) is 12.0. The summed E-state index contributed by atoms with van der Waals surface area (Å²) in [4.78, 5) is 25.3. The van der Waals surface area contributed by atoms with Gasteiger partial charge in [-0.05, 0) is 92.8 Å². The minimum absolute atomic E-state index is 0.0262. The van der Waals surface area contributed by atoms with E-state index in [1.54, 1.807) is 6.08 Å². The first kappa shape index (κ1) is 19.4. The molecule has 0 spiro atoms. The summed E-state index contributed by atoms with van der Waals surface area (Å²) in [5.41, 5.74) is 0.114. The van der Waals surface area contributed by atoms with Crippen LogP contribution in [0.1, 0.15) is 78.1 Å². The zero-order chi connectivity index (χ0) is 20.7. The molecular weight excluding hydrogens is 374 g/mol. The highest BCUT2D eigenvalue weighted by atomic mass is 16.5. The first-order valence-corrected chi connectivity index (χ1v) is 12.6. The van der Waals surface area contributed by atoms with Crippen LogP contribution in [0.5, 0.6) is 0 Å². The minimum atomic E-state index is -0.171. The lowest BCUT2D eigenvalue weighted by molar-refractivity contribution is -0.168. The fourth-order valence-corrected chi connectivity index (χ4v) is 9.34. The highest BCUT2D eigenvalue weighted by molar-refractivity contribution is 5.83. The Hall–Kier alpha value is -1.32. The monoisotopic (exact) mass is 411 g/mol. The molecule has 1 N–H and O–H groups in total. The quantitative estimate of drug-likeness (QED) is 0.674. The van der Waals surface area contributed by atoms with Crippen LogP contribution in [-0.2, 0) is 14.3 Å². The molecule has 0 radical (unpaired) electrons. The molecule has 164 valence electrons. The van der Waals surface area contributed by atoms with Gasteiger partial charge in [0.05, 0.1) is 0 Å². The highest BCUT2D eigenvalue weighted by Crippen LogP contribution is 2.65. The van der Waals surface area contributed by atoms with E-state index in [0.717, 1.165) is 43.9 Å². The highest BCUT2D eigenvalue weighted by Gasteiger charge is 2.61. The molecule has 0 aromatic rings. The van der Waals surface area contributed by atoms with E-state index in [4.69, 9.17) is 4.74 Å². The Bertz CT molecular complexity index is 791. The fraction of sp³-hybridized carbons (Fsp3) is 0.846. The van der Waals surface area contributed by atoms with Crippen molar-refractivity contribution < 1.29 is 14.3 Å². The van der Waals surface area contributed by atoms with E-state index in [0.29, 0.717) is 29.7 Å². The second-order valence-corrected chi connectivity index (χ2v) is 12.0. The molecule has 0 aromatic heterocycles. The van der Waals surface area contributed by atoms with Crippen LogP contribution in [0, 0.1) is 46.3 Å². The van der Waals surface area contributed by atoms with E-state index >= 15 is 0 Å². The molecule has 5 fully saturated rings. The maximum absolute atomic E-state index is 13.4. The maximum Gasteiger partial charge on any atom is 0.330 e. The number of esters is 1. The molecule has 6 aliphatic rings. The average molecular weight is 412 g/mol. The third kappa shape index (κ3) is 2.64. The van der Waals surface area contributed by atoms with Crippen LogP contribution in [0.25, 0.3) is 0 Å². The van der Waals surface area contributed by atoms with Crippen LogP contribution in [-0.4, -0.2) is 24.0 Å². The third-order valence-corrected chi connectivity index (χ3v) is 10.9. The van der Waals surface area contributed by atoms with Crippen molar-refractivity contribution in [2.75, 3.05) is 0 Å². The van der Waals surface area contributed by atoms with Crippen LogP contribution >= 0.6 is 0 Å². The summed E-state index contributed by atoms with van der Waals surface area (Å²) in [5, 5.41) is 3.53. The Balaban J connectivity index is 1.20. The van der Waals surface area contributed by atoms with Crippen molar-refractivity contribution in [1.82, 2.24) is 5.32 Å². The van der Waals surface area contributed by atoms with Gasteiger partial charge in [-0.2, -0.15) is 0 Å². The molecule has 5 aliphatic carbocycles. The molecular formula is C26H37NO3. The summed E-state index contributed by atoms with van der Waals surface area (Å²) in [6, 6.07) is 0.451. The molecule has 4 heteroatoms. The number of rotatable bonds is 2. The topological polar surface area (TPSA) is 55.4 Å². The van der Waals surface area contributed by atoms with Gasteiger partial charge in [-0.1, -0.05) is 26.3 Å². The molecule has 2 bridgehead atoms. The van der Waals surface area contributed by atoms with Gasteiger partial charge in [0.15, 0.2) is 0 Å². The summed E-state index contributed by atoms with van der Waals surface area (Å²) in [7, 11) is 0. The van der Waals surface area contributed by atoms with Gasteiger partial charge in [-0.25, -0.2) is 4.79 Å². The van der Waals surface area contributed by atoms with Crippen LogP contribution in [0.3, 0.4) is 0 Å². The van der Waals surface area contributed by atoms with Gasteiger partial charge in [0.2, 0.25) is 5.91 Å².